The first-order valence-corrected chi connectivity index (χ1v) is 13.7. The van der Waals surface area contributed by atoms with Gasteiger partial charge in [-0.2, -0.15) is 4.31 Å². The molecule has 194 valence electrons. The molecule has 1 aliphatic heterocycles. The van der Waals surface area contributed by atoms with E-state index in [-0.39, 0.29) is 5.91 Å². The van der Waals surface area contributed by atoms with Gasteiger partial charge in [0, 0.05) is 44.0 Å². The minimum atomic E-state index is -3.51. The van der Waals surface area contributed by atoms with Gasteiger partial charge in [-0.05, 0) is 67.9 Å². The van der Waals surface area contributed by atoms with Crippen LogP contribution in [0.3, 0.4) is 0 Å². The summed E-state index contributed by atoms with van der Waals surface area (Å²) in [6.45, 7) is 6.64. The van der Waals surface area contributed by atoms with Gasteiger partial charge in [0.1, 0.15) is 0 Å². The van der Waals surface area contributed by atoms with Crippen molar-refractivity contribution in [1.82, 2.24) is 9.21 Å². The van der Waals surface area contributed by atoms with Gasteiger partial charge in [-0.3, -0.25) is 9.69 Å². The highest BCUT2D eigenvalue weighted by Crippen LogP contribution is 2.20. The van der Waals surface area contributed by atoms with E-state index >= 15 is 0 Å². The lowest BCUT2D eigenvalue weighted by molar-refractivity contribution is 0.0526. The second-order valence-corrected chi connectivity index (χ2v) is 10.9. The monoisotopic (exact) mass is 521 g/mol. The van der Waals surface area contributed by atoms with Crippen LogP contribution in [0, 0.1) is 6.92 Å². The van der Waals surface area contributed by atoms with Gasteiger partial charge in [-0.25, -0.2) is 13.2 Å². The quantitative estimate of drug-likeness (QED) is 0.452. The zero-order valence-corrected chi connectivity index (χ0v) is 21.8. The predicted octanol–water partition coefficient (Wildman–Crippen LogP) is 3.93. The standard InChI is InChI=1S/C28H31N3O5S/c1-3-36-28(33)23-9-11-25(12-10-23)29-27(32)24-6-4-5-22(19-24)20-30-15-17-31(18-16-30)37(34,35)26-13-7-21(2)8-14-26/h4-14,19H,3,15-18,20H2,1-2H3,(H,29,32). The first-order valence-electron chi connectivity index (χ1n) is 12.2. The number of piperazine rings is 1. The molecule has 3 aromatic rings. The first kappa shape index (κ1) is 26.5. The molecule has 4 rings (SSSR count). The lowest BCUT2D eigenvalue weighted by Crippen LogP contribution is -2.48. The van der Waals surface area contributed by atoms with Crippen molar-refractivity contribution >= 4 is 27.6 Å². The Morgan fingerprint density at radius 1 is 0.892 bits per heavy atom. The fourth-order valence-electron chi connectivity index (χ4n) is 4.16. The van der Waals surface area contributed by atoms with Crippen molar-refractivity contribution in [2.75, 3.05) is 38.1 Å². The van der Waals surface area contributed by atoms with E-state index in [1.807, 2.05) is 37.3 Å². The molecule has 1 saturated heterocycles. The lowest BCUT2D eigenvalue weighted by Gasteiger charge is -2.34. The normalized spacial score (nSPS) is 14.8. The van der Waals surface area contributed by atoms with Gasteiger partial charge in [-0.15, -0.1) is 0 Å². The molecule has 0 aliphatic carbocycles. The van der Waals surface area contributed by atoms with E-state index in [1.165, 1.54) is 4.31 Å². The molecule has 3 aromatic carbocycles. The van der Waals surface area contributed by atoms with Crippen molar-refractivity contribution in [3.05, 3.63) is 95.1 Å². The minimum absolute atomic E-state index is 0.250. The van der Waals surface area contributed by atoms with Crippen LogP contribution in [0.5, 0.6) is 0 Å². The van der Waals surface area contributed by atoms with E-state index in [4.69, 9.17) is 4.74 Å². The van der Waals surface area contributed by atoms with Crippen LogP contribution in [0.15, 0.2) is 77.7 Å². The van der Waals surface area contributed by atoms with Crippen LogP contribution in [0.2, 0.25) is 0 Å². The molecule has 0 bridgehead atoms. The van der Waals surface area contributed by atoms with Crippen molar-refractivity contribution in [3.8, 4) is 0 Å². The molecule has 1 heterocycles. The molecule has 0 saturated carbocycles. The highest BCUT2D eigenvalue weighted by molar-refractivity contribution is 7.89. The average Bonchev–Trinajstić information content (AvgIpc) is 2.90. The summed E-state index contributed by atoms with van der Waals surface area (Å²) in [6, 6.07) is 20.9. The summed E-state index contributed by atoms with van der Waals surface area (Å²) in [4.78, 5) is 27.1. The van der Waals surface area contributed by atoms with E-state index in [0.29, 0.717) is 61.0 Å². The fourth-order valence-corrected chi connectivity index (χ4v) is 5.59. The Morgan fingerprint density at radius 3 is 2.22 bits per heavy atom. The summed E-state index contributed by atoms with van der Waals surface area (Å²) in [5.74, 6) is -0.651. The highest BCUT2D eigenvalue weighted by atomic mass is 32.2. The summed E-state index contributed by atoms with van der Waals surface area (Å²) >= 11 is 0. The molecule has 1 N–H and O–H groups in total. The van der Waals surface area contributed by atoms with E-state index in [1.54, 1.807) is 49.4 Å². The number of carbonyl (C=O) groups is 2. The van der Waals surface area contributed by atoms with Crippen molar-refractivity contribution in [2.45, 2.75) is 25.3 Å². The zero-order chi connectivity index (χ0) is 26.4. The Balaban J connectivity index is 1.33. The van der Waals surface area contributed by atoms with E-state index in [2.05, 4.69) is 10.2 Å². The number of hydrogen-bond acceptors (Lipinski definition) is 6. The molecular formula is C28H31N3O5S. The summed E-state index contributed by atoms with van der Waals surface area (Å²) in [7, 11) is -3.51. The molecule has 8 nitrogen and oxygen atoms in total. The van der Waals surface area contributed by atoms with Gasteiger partial charge < -0.3 is 10.1 Å². The molecular weight excluding hydrogens is 490 g/mol. The fraction of sp³-hybridized carbons (Fsp3) is 0.286. The third kappa shape index (κ3) is 6.62. The SMILES string of the molecule is CCOC(=O)c1ccc(NC(=O)c2cccc(CN3CCN(S(=O)(=O)c4ccc(C)cc4)CC3)c2)cc1. The number of amides is 1. The molecule has 0 spiro atoms. The Kier molecular flexibility index (Phi) is 8.38. The minimum Gasteiger partial charge on any atom is -0.462 e. The van der Waals surface area contributed by atoms with Gasteiger partial charge >= 0.3 is 5.97 Å². The third-order valence-corrected chi connectivity index (χ3v) is 8.15. The number of sulfonamides is 1. The molecule has 1 fully saturated rings. The zero-order valence-electron chi connectivity index (χ0n) is 21.0. The maximum absolute atomic E-state index is 13.0. The van der Waals surface area contributed by atoms with Crippen molar-refractivity contribution in [3.63, 3.8) is 0 Å². The van der Waals surface area contributed by atoms with Crippen LogP contribution in [0.1, 0.15) is 38.8 Å². The number of nitrogens with one attached hydrogen (secondary N) is 1. The number of hydrogen-bond donors (Lipinski definition) is 1. The average molecular weight is 522 g/mol. The van der Waals surface area contributed by atoms with Crippen molar-refractivity contribution < 1.29 is 22.7 Å². The number of anilines is 1. The van der Waals surface area contributed by atoms with Gasteiger partial charge in [0.05, 0.1) is 17.1 Å². The Bertz CT molecular complexity index is 1350. The van der Waals surface area contributed by atoms with Gasteiger partial charge in [0.25, 0.3) is 5.91 Å². The molecule has 1 amide bonds. The predicted molar refractivity (Wildman–Crippen MR) is 142 cm³/mol. The van der Waals surface area contributed by atoms with Gasteiger partial charge in [-0.1, -0.05) is 29.8 Å². The molecule has 37 heavy (non-hydrogen) atoms. The molecule has 0 atom stereocenters. The van der Waals surface area contributed by atoms with Crippen molar-refractivity contribution in [2.24, 2.45) is 0 Å². The van der Waals surface area contributed by atoms with Crippen LogP contribution in [0.25, 0.3) is 0 Å². The second-order valence-electron chi connectivity index (χ2n) is 8.95. The molecule has 0 unspecified atom stereocenters. The van der Waals surface area contributed by atoms with Crippen LogP contribution >= 0.6 is 0 Å². The van der Waals surface area contributed by atoms with E-state index in [0.717, 1.165) is 11.1 Å². The lowest BCUT2D eigenvalue weighted by atomic mass is 10.1. The molecule has 9 heteroatoms. The van der Waals surface area contributed by atoms with Gasteiger partial charge in [0.2, 0.25) is 10.0 Å². The number of ether oxygens (including phenoxy) is 1. The van der Waals surface area contributed by atoms with Crippen LogP contribution in [-0.4, -0.2) is 62.3 Å². The van der Waals surface area contributed by atoms with E-state index < -0.39 is 16.0 Å². The Labute approximate surface area is 217 Å². The van der Waals surface area contributed by atoms with Crippen LogP contribution in [-0.2, 0) is 21.3 Å². The topological polar surface area (TPSA) is 96.0 Å². The highest BCUT2D eigenvalue weighted by Gasteiger charge is 2.28. The molecule has 0 radical (unpaired) electrons. The molecule has 0 aromatic heterocycles. The molecule has 1 aliphatic rings. The van der Waals surface area contributed by atoms with Crippen molar-refractivity contribution in [1.29, 1.82) is 0 Å². The second kappa shape index (κ2) is 11.7. The summed E-state index contributed by atoms with van der Waals surface area (Å²) in [5, 5.41) is 2.85. The third-order valence-electron chi connectivity index (χ3n) is 6.24. The van der Waals surface area contributed by atoms with Crippen LogP contribution < -0.4 is 5.32 Å². The Hall–Kier alpha value is -3.53. The van der Waals surface area contributed by atoms with Crippen LogP contribution in [0.4, 0.5) is 5.69 Å². The Morgan fingerprint density at radius 2 is 1.57 bits per heavy atom. The largest absolute Gasteiger partial charge is 0.462 e. The van der Waals surface area contributed by atoms with E-state index in [9.17, 15) is 18.0 Å². The summed E-state index contributed by atoms with van der Waals surface area (Å²) in [5.41, 5.74) is 3.52. The first-order chi connectivity index (χ1) is 17.8. The number of rotatable bonds is 8. The van der Waals surface area contributed by atoms with Gasteiger partial charge in [0.15, 0.2) is 0 Å². The summed E-state index contributed by atoms with van der Waals surface area (Å²) < 4.78 is 32.4. The number of benzene rings is 3. The number of aryl methyl sites for hydroxylation is 1. The number of carbonyl (C=O) groups excluding carboxylic acids is 2. The summed E-state index contributed by atoms with van der Waals surface area (Å²) in [6.07, 6.45) is 0. The number of nitrogens with zero attached hydrogens (tertiary/aromatic N) is 2. The maximum Gasteiger partial charge on any atom is 0.338 e. The number of esters is 1. The maximum atomic E-state index is 13.0. The smallest absolute Gasteiger partial charge is 0.338 e.